The molecule has 1 unspecified atom stereocenters. The standard InChI is InChI=1S/C11H25NO/c1-4-5-6-7-8-11(3)13-9-10(2)12/h10-11H,4-9,12H2,1-3H3/t10-,11?/m1/s1. The highest BCUT2D eigenvalue weighted by Crippen LogP contribution is 2.07. The molecule has 0 saturated carbocycles. The lowest BCUT2D eigenvalue weighted by Gasteiger charge is -2.14. The largest absolute Gasteiger partial charge is 0.377 e. The van der Waals surface area contributed by atoms with Gasteiger partial charge in [-0.1, -0.05) is 32.6 Å². The van der Waals surface area contributed by atoms with E-state index in [1.165, 1.54) is 32.1 Å². The quantitative estimate of drug-likeness (QED) is 0.593. The summed E-state index contributed by atoms with van der Waals surface area (Å²) in [4.78, 5) is 0. The third kappa shape index (κ3) is 9.84. The molecule has 0 spiro atoms. The second-order valence-corrected chi connectivity index (χ2v) is 3.97. The van der Waals surface area contributed by atoms with Gasteiger partial charge in [-0.05, 0) is 20.3 Å². The van der Waals surface area contributed by atoms with E-state index in [1.807, 2.05) is 6.92 Å². The maximum Gasteiger partial charge on any atom is 0.0618 e. The van der Waals surface area contributed by atoms with Gasteiger partial charge in [0.2, 0.25) is 0 Å². The zero-order chi connectivity index (χ0) is 10.1. The number of hydrogen-bond donors (Lipinski definition) is 1. The van der Waals surface area contributed by atoms with Crippen molar-refractivity contribution >= 4 is 0 Å². The molecule has 2 nitrogen and oxygen atoms in total. The predicted octanol–water partition coefficient (Wildman–Crippen LogP) is 2.71. The van der Waals surface area contributed by atoms with Gasteiger partial charge in [-0.2, -0.15) is 0 Å². The molecule has 0 rings (SSSR count). The first-order valence-corrected chi connectivity index (χ1v) is 5.54. The third-order valence-electron chi connectivity index (χ3n) is 2.11. The lowest BCUT2D eigenvalue weighted by atomic mass is 10.1. The van der Waals surface area contributed by atoms with Crippen LogP contribution in [-0.2, 0) is 4.74 Å². The summed E-state index contributed by atoms with van der Waals surface area (Å²) in [6.07, 6.45) is 6.82. The Morgan fingerprint density at radius 1 is 1.15 bits per heavy atom. The highest BCUT2D eigenvalue weighted by atomic mass is 16.5. The summed E-state index contributed by atoms with van der Waals surface area (Å²) in [5, 5.41) is 0. The number of rotatable bonds is 8. The van der Waals surface area contributed by atoms with Gasteiger partial charge in [-0.3, -0.25) is 0 Å². The van der Waals surface area contributed by atoms with Crippen LogP contribution >= 0.6 is 0 Å². The van der Waals surface area contributed by atoms with E-state index in [-0.39, 0.29) is 6.04 Å². The van der Waals surface area contributed by atoms with E-state index < -0.39 is 0 Å². The van der Waals surface area contributed by atoms with E-state index in [2.05, 4.69) is 13.8 Å². The SMILES string of the molecule is CCCCCCC(C)OC[C@@H](C)N. The predicted molar refractivity (Wildman–Crippen MR) is 57.8 cm³/mol. The fourth-order valence-corrected chi connectivity index (χ4v) is 1.26. The molecular formula is C11H25NO. The topological polar surface area (TPSA) is 35.2 Å². The van der Waals surface area contributed by atoms with E-state index in [4.69, 9.17) is 10.5 Å². The van der Waals surface area contributed by atoms with Gasteiger partial charge >= 0.3 is 0 Å². The average molecular weight is 187 g/mol. The van der Waals surface area contributed by atoms with Crippen molar-refractivity contribution in [2.75, 3.05) is 6.61 Å². The van der Waals surface area contributed by atoms with Crippen molar-refractivity contribution in [3.05, 3.63) is 0 Å². The van der Waals surface area contributed by atoms with Gasteiger partial charge in [0.1, 0.15) is 0 Å². The van der Waals surface area contributed by atoms with Crippen LogP contribution in [0.2, 0.25) is 0 Å². The van der Waals surface area contributed by atoms with Crippen molar-refractivity contribution in [1.82, 2.24) is 0 Å². The molecule has 2 heteroatoms. The number of unbranched alkanes of at least 4 members (excludes halogenated alkanes) is 3. The highest BCUT2D eigenvalue weighted by molar-refractivity contribution is 4.55. The molecule has 0 aromatic heterocycles. The molecule has 0 aliphatic heterocycles. The van der Waals surface area contributed by atoms with Crippen LogP contribution in [0.3, 0.4) is 0 Å². The molecule has 0 amide bonds. The first-order chi connectivity index (χ1) is 6.16. The fraction of sp³-hybridized carbons (Fsp3) is 1.00. The molecule has 2 N–H and O–H groups in total. The van der Waals surface area contributed by atoms with Crippen LogP contribution < -0.4 is 5.73 Å². The summed E-state index contributed by atoms with van der Waals surface area (Å²) in [5.74, 6) is 0. The number of nitrogens with two attached hydrogens (primary N) is 1. The zero-order valence-corrected chi connectivity index (χ0v) is 9.38. The van der Waals surface area contributed by atoms with E-state index in [0.29, 0.717) is 12.7 Å². The molecule has 0 saturated heterocycles. The minimum absolute atomic E-state index is 0.165. The minimum Gasteiger partial charge on any atom is -0.377 e. The normalized spacial score (nSPS) is 15.7. The van der Waals surface area contributed by atoms with Gasteiger partial charge in [-0.25, -0.2) is 0 Å². The molecule has 13 heavy (non-hydrogen) atoms. The highest BCUT2D eigenvalue weighted by Gasteiger charge is 2.02. The van der Waals surface area contributed by atoms with Gasteiger partial charge in [0.05, 0.1) is 12.7 Å². The summed E-state index contributed by atoms with van der Waals surface area (Å²) in [7, 11) is 0. The number of ether oxygens (including phenoxy) is 1. The van der Waals surface area contributed by atoms with E-state index in [9.17, 15) is 0 Å². The van der Waals surface area contributed by atoms with Gasteiger partial charge in [0.25, 0.3) is 0 Å². The van der Waals surface area contributed by atoms with Crippen LogP contribution in [0.1, 0.15) is 52.9 Å². The van der Waals surface area contributed by atoms with Gasteiger partial charge < -0.3 is 10.5 Å². The lowest BCUT2D eigenvalue weighted by Crippen LogP contribution is -2.24. The second kappa shape index (κ2) is 8.52. The first-order valence-electron chi connectivity index (χ1n) is 5.54. The van der Waals surface area contributed by atoms with Crippen molar-refractivity contribution in [3.63, 3.8) is 0 Å². The van der Waals surface area contributed by atoms with Crippen molar-refractivity contribution in [1.29, 1.82) is 0 Å². The van der Waals surface area contributed by atoms with Crippen molar-refractivity contribution in [3.8, 4) is 0 Å². The van der Waals surface area contributed by atoms with Crippen molar-refractivity contribution < 1.29 is 4.74 Å². The molecular weight excluding hydrogens is 162 g/mol. The van der Waals surface area contributed by atoms with Crippen molar-refractivity contribution in [2.45, 2.75) is 65.0 Å². The van der Waals surface area contributed by atoms with Gasteiger partial charge in [0, 0.05) is 6.04 Å². The molecule has 0 aromatic rings. The molecule has 0 fully saturated rings. The summed E-state index contributed by atoms with van der Waals surface area (Å²) < 4.78 is 5.56. The average Bonchev–Trinajstić information content (AvgIpc) is 2.09. The molecule has 0 bridgehead atoms. The van der Waals surface area contributed by atoms with Crippen LogP contribution in [-0.4, -0.2) is 18.8 Å². The van der Waals surface area contributed by atoms with Crippen molar-refractivity contribution in [2.24, 2.45) is 5.73 Å². The molecule has 0 aromatic carbocycles. The van der Waals surface area contributed by atoms with Crippen LogP contribution in [0.5, 0.6) is 0 Å². The molecule has 0 aliphatic carbocycles. The Bertz CT molecular complexity index is 104. The van der Waals surface area contributed by atoms with E-state index >= 15 is 0 Å². The molecule has 2 atom stereocenters. The van der Waals surface area contributed by atoms with Gasteiger partial charge in [0.15, 0.2) is 0 Å². The van der Waals surface area contributed by atoms with Crippen LogP contribution in [0.25, 0.3) is 0 Å². The van der Waals surface area contributed by atoms with Gasteiger partial charge in [-0.15, -0.1) is 0 Å². The third-order valence-corrected chi connectivity index (χ3v) is 2.11. The Balaban J connectivity index is 3.15. The Morgan fingerprint density at radius 2 is 1.85 bits per heavy atom. The first kappa shape index (κ1) is 12.9. The maximum atomic E-state index is 5.59. The molecule has 0 heterocycles. The lowest BCUT2D eigenvalue weighted by molar-refractivity contribution is 0.0517. The summed E-state index contributed by atoms with van der Waals surface area (Å²) >= 11 is 0. The minimum atomic E-state index is 0.165. The summed E-state index contributed by atoms with van der Waals surface area (Å²) in [6, 6.07) is 0.165. The number of hydrogen-bond acceptors (Lipinski definition) is 2. The Hall–Kier alpha value is -0.0800. The second-order valence-electron chi connectivity index (χ2n) is 3.97. The molecule has 80 valence electrons. The molecule has 0 aliphatic rings. The van der Waals surface area contributed by atoms with E-state index in [0.717, 1.165) is 0 Å². The van der Waals surface area contributed by atoms with Crippen LogP contribution in [0, 0.1) is 0 Å². The van der Waals surface area contributed by atoms with Crippen LogP contribution in [0.4, 0.5) is 0 Å². The molecule has 0 radical (unpaired) electrons. The Labute approximate surface area is 82.8 Å². The van der Waals surface area contributed by atoms with E-state index in [1.54, 1.807) is 0 Å². The smallest absolute Gasteiger partial charge is 0.0618 e. The Morgan fingerprint density at radius 3 is 2.38 bits per heavy atom. The maximum absolute atomic E-state index is 5.59. The fourth-order valence-electron chi connectivity index (χ4n) is 1.26. The zero-order valence-electron chi connectivity index (χ0n) is 9.38. The Kier molecular flexibility index (Phi) is 8.46. The monoisotopic (exact) mass is 187 g/mol. The van der Waals surface area contributed by atoms with Crippen LogP contribution in [0.15, 0.2) is 0 Å². The summed E-state index contributed by atoms with van der Waals surface area (Å²) in [5.41, 5.74) is 5.59. The summed E-state index contributed by atoms with van der Waals surface area (Å²) in [6.45, 7) is 7.03.